The first-order valence-corrected chi connectivity index (χ1v) is 7.28. The highest BCUT2D eigenvalue weighted by molar-refractivity contribution is 5.91. The molecule has 0 bridgehead atoms. The Balaban J connectivity index is 2.14. The molecule has 1 heterocycles. The molecule has 24 heavy (non-hydrogen) atoms. The van der Waals surface area contributed by atoms with E-state index in [-0.39, 0.29) is 12.3 Å². The predicted molar refractivity (Wildman–Crippen MR) is 88.0 cm³/mol. The van der Waals surface area contributed by atoms with E-state index in [0.717, 1.165) is 5.56 Å². The summed E-state index contributed by atoms with van der Waals surface area (Å²) in [5.74, 6) is 0.554. The Labute approximate surface area is 139 Å². The summed E-state index contributed by atoms with van der Waals surface area (Å²) in [5, 5.41) is 16.4. The lowest BCUT2D eigenvalue weighted by Crippen LogP contribution is -2.34. The second kappa shape index (κ2) is 7.60. The number of furan rings is 1. The average Bonchev–Trinajstić information content (AvgIpc) is 3.03. The van der Waals surface area contributed by atoms with Gasteiger partial charge in [0.1, 0.15) is 11.8 Å². The van der Waals surface area contributed by atoms with Crippen LogP contribution in [-0.4, -0.2) is 24.7 Å². The lowest BCUT2D eigenvalue weighted by Gasteiger charge is -2.17. The number of anilines is 1. The zero-order valence-corrected chi connectivity index (χ0v) is 13.7. The van der Waals surface area contributed by atoms with Crippen LogP contribution in [0.5, 0.6) is 0 Å². The van der Waals surface area contributed by atoms with Crippen LogP contribution >= 0.6 is 0 Å². The molecule has 0 saturated carbocycles. The van der Waals surface area contributed by atoms with Crippen molar-refractivity contribution in [2.24, 2.45) is 0 Å². The number of urea groups is 1. The zero-order valence-electron chi connectivity index (χ0n) is 13.7. The number of benzene rings is 1. The average molecular weight is 333 g/mol. The maximum atomic E-state index is 12.2. The second-order valence-electron chi connectivity index (χ2n) is 5.33. The van der Waals surface area contributed by atoms with Gasteiger partial charge >= 0.3 is 6.03 Å². The minimum atomic E-state index is -0.505. The normalized spacial score (nSPS) is 11.8. The topological polar surface area (TPSA) is 107 Å². The molecule has 2 amide bonds. The lowest BCUT2D eigenvalue weighted by atomic mass is 10.1. The van der Waals surface area contributed by atoms with Gasteiger partial charge in [-0.05, 0) is 37.6 Å². The molecule has 8 heteroatoms. The number of nitrogens with zero attached hydrogens (tertiary/aromatic N) is 1. The van der Waals surface area contributed by atoms with Gasteiger partial charge in [-0.1, -0.05) is 0 Å². The molecule has 8 nitrogen and oxygen atoms in total. The first kappa shape index (κ1) is 17.5. The first-order chi connectivity index (χ1) is 11.4. The molecule has 0 aliphatic rings. The molecule has 0 aliphatic carbocycles. The molecular formula is C16H19N3O5. The van der Waals surface area contributed by atoms with Crippen molar-refractivity contribution < 1.29 is 18.9 Å². The van der Waals surface area contributed by atoms with E-state index < -0.39 is 17.0 Å². The Morgan fingerprint density at radius 3 is 2.71 bits per heavy atom. The summed E-state index contributed by atoms with van der Waals surface area (Å²) >= 11 is 0. The quantitative estimate of drug-likeness (QED) is 0.623. The number of amides is 2. The van der Waals surface area contributed by atoms with Gasteiger partial charge in [-0.25, -0.2) is 4.79 Å². The van der Waals surface area contributed by atoms with E-state index >= 15 is 0 Å². The van der Waals surface area contributed by atoms with Crippen LogP contribution in [0, 0.1) is 24.0 Å². The standard InChI is InChI=1S/C16H19N3O5/c1-10-7-11(2)14(19(21)22)8-12(10)17-16(20)18-13(9-23-3)15-5-4-6-24-15/h4-8,13H,9H2,1-3H3,(H2,17,18,20)/t13-/m0/s1. The van der Waals surface area contributed by atoms with E-state index in [1.54, 1.807) is 32.0 Å². The number of rotatable bonds is 6. The summed E-state index contributed by atoms with van der Waals surface area (Å²) in [6, 6.07) is 5.48. The van der Waals surface area contributed by atoms with Crippen molar-refractivity contribution in [1.82, 2.24) is 5.32 Å². The fourth-order valence-corrected chi connectivity index (χ4v) is 2.34. The summed E-state index contributed by atoms with van der Waals surface area (Å²) in [7, 11) is 1.52. The number of nitro groups is 1. The number of ether oxygens (including phenoxy) is 1. The highest BCUT2D eigenvalue weighted by atomic mass is 16.6. The van der Waals surface area contributed by atoms with Gasteiger partial charge < -0.3 is 19.8 Å². The maximum absolute atomic E-state index is 12.2. The van der Waals surface area contributed by atoms with Gasteiger partial charge in [-0.15, -0.1) is 0 Å². The Morgan fingerprint density at radius 1 is 1.38 bits per heavy atom. The van der Waals surface area contributed by atoms with Crippen molar-refractivity contribution in [2.75, 3.05) is 19.0 Å². The van der Waals surface area contributed by atoms with E-state index in [1.807, 2.05) is 0 Å². The highest BCUT2D eigenvalue weighted by Gasteiger charge is 2.19. The minimum Gasteiger partial charge on any atom is -0.467 e. The van der Waals surface area contributed by atoms with E-state index in [4.69, 9.17) is 9.15 Å². The van der Waals surface area contributed by atoms with E-state index in [0.29, 0.717) is 17.0 Å². The van der Waals surface area contributed by atoms with Crippen LogP contribution in [0.2, 0.25) is 0 Å². The molecule has 1 aromatic carbocycles. The lowest BCUT2D eigenvalue weighted by molar-refractivity contribution is -0.385. The SMILES string of the molecule is COC[C@H](NC(=O)Nc1cc([N+](=O)[O-])c(C)cc1C)c1ccco1. The smallest absolute Gasteiger partial charge is 0.319 e. The van der Waals surface area contributed by atoms with Crippen LogP contribution in [0.15, 0.2) is 34.9 Å². The Hall–Kier alpha value is -2.87. The van der Waals surface area contributed by atoms with Crippen molar-refractivity contribution in [3.63, 3.8) is 0 Å². The van der Waals surface area contributed by atoms with Crippen molar-refractivity contribution in [1.29, 1.82) is 0 Å². The molecule has 1 atom stereocenters. The second-order valence-corrected chi connectivity index (χ2v) is 5.33. The Bertz CT molecular complexity index is 728. The maximum Gasteiger partial charge on any atom is 0.319 e. The Kier molecular flexibility index (Phi) is 5.54. The molecule has 1 aromatic heterocycles. The summed E-state index contributed by atoms with van der Waals surface area (Å²) in [6.45, 7) is 3.65. The number of carbonyl (C=O) groups is 1. The molecule has 0 spiro atoms. The summed E-state index contributed by atoms with van der Waals surface area (Å²) < 4.78 is 10.4. The summed E-state index contributed by atoms with van der Waals surface area (Å²) in [4.78, 5) is 22.8. The van der Waals surface area contributed by atoms with Crippen molar-refractivity contribution in [2.45, 2.75) is 19.9 Å². The number of methoxy groups -OCH3 is 1. The zero-order chi connectivity index (χ0) is 17.7. The number of hydrogen-bond acceptors (Lipinski definition) is 5. The van der Waals surface area contributed by atoms with Crippen LogP contribution in [-0.2, 0) is 4.74 Å². The van der Waals surface area contributed by atoms with Gasteiger partial charge in [0.05, 0.1) is 23.5 Å². The first-order valence-electron chi connectivity index (χ1n) is 7.28. The molecule has 2 aromatic rings. The number of nitro benzene ring substituents is 1. The van der Waals surface area contributed by atoms with Crippen LogP contribution in [0.3, 0.4) is 0 Å². The molecule has 2 N–H and O–H groups in total. The van der Waals surface area contributed by atoms with E-state index in [2.05, 4.69) is 10.6 Å². The number of hydrogen-bond donors (Lipinski definition) is 2. The minimum absolute atomic E-state index is 0.0459. The van der Waals surface area contributed by atoms with Gasteiger partial charge in [0.15, 0.2) is 0 Å². The van der Waals surface area contributed by atoms with Crippen LogP contribution < -0.4 is 10.6 Å². The molecule has 0 radical (unpaired) electrons. The third kappa shape index (κ3) is 4.11. The fraction of sp³-hybridized carbons (Fsp3) is 0.312. The van der Waals surface area contributed by atoms with E-state index in [1.165, 1.54) is 19.4 Å². The van der Waals surface area contributed by atoms with Crippen LogP contribution in [0.25, 0.3) is 0 Å². The monoisotopic (exact) mass is 333 g/mol. The van der Waals surface area contributed by atoms with Crippen molar-refractivity contribution in [3.05, 3.63) is 57.5 Å². The predicted octanol–water partition coefficient (Wildman–Crippen LogP) is 3.31. The molecule has 2 rings (SSSR count). The molecule has 0 unspecified atom stereocenters. The van der Waals surface area contributed by atoms with Gasteiger partial charge in [0.25, 0.3) is 5.69 Å². The number of carbonyl (C=O) groups excluding carboxylic acids is 1. The molecule has 0 aliphatic heterocycles. The molecular weight excluding hydrogens is 314 g/mol. The highest BCUT2D eigenvalue weighted by Crippen LogP contribution is 2.26. The van der Waals surface area contributed by atoms with Crippen LogP contribution in [0.1, 0.15) is 22.9 Å². The van der Waals surface area contributed by atoms with Crippen molar-refractivity contribution >= 4 is 17.4 Å². The summed E-state index contributed by atoms with van der Waals surface area (Å²) in [5.41, 5.74) is 1.60. The molecule has 128 valence electrons. The Morgan fingerprint density at radius 2 is 2.12 bits per heavy atom. The summed E-state index contributed by atoms with van der Waals surface area (Å²) in [6.07, 6.45) is 1.51. The van der Waals surface area contributed by atoms with Crippen LogP contribution in [0.4, 0.5) is 16.2 Å². The number of nitrogens with one attached hydrogen (secondary N) is 2. The van der Waals surface area contributed by atoms with Crippen molar-refractivity contribution in [3.8, 4) is 0 Å². The third-order valence-corrected chi connectivity index (χ3v) is 3.51. The van der Waals surface area contributed by atoms with Gasteiger partial charge in [0, 0.05) is 18.7 Å². The van der Waals surface area contributed by atoms with Gasteiger partial charge in [-0.2, -0.15) is 0 Å². The largest absolute Gasteiger partial charge is 0.467 e. The molecule has 0 saturated heterocycles. The van der Waals surface area contributed by atoms with Gasteiger partial charge in [0.2, 0.25) is 0 Å². The van der Waals surface area contributed by atoms with E-state index in [9.17, 15) is 14.9 Å². The third-order valence-electron chi connectivity index (χ3n) is 3.51. The van der Waals surface area contributed by atoms with Gasteiger partial charge in [-0.3, -0.25) is 10.1 Å². The fourth-order valence-electron chi connectivity index (χ4n) is 2.34. The molecule has 0 fully saturated rings. The number of aryl methyl sites for hydroxylation is 2.